The van der Waals surface area contributed by atoms with Gasteiger partial charge in [-0.25, -0.2) is 15.0 Å². The monoisotopic (exact) mass is 452 g/mol. The Labute approximate surface area is 178 Å². The van der Waals surface area contributed by atoms with Gasteiger partial charge in [-0.3, -0.25) is 4.57 Å². The number of fused-ring (bicyclic) bond motifs is 1. The number of hydrogen-bond donors (Lipinski definition) is 2. The summed E-state index contributed by atoms with van der Waals surface area (Å²) in [6, 6.07) is 9.53. The van der Waals surface area contributed by atoms with Crippen LogP contribution in [0.5, 0.6) is 0 Å². The molecular formula is C19H13Cl2F3N6. The van der Waals surface area contributed by atoms with Crippen molar-refractivity contribution in [3.63, 3.8) is 0 Å². The second-order valence-electron chi connectivity index (χ2n) is 6.39. The third-order valence-corrected chi connectivity index (χ3v) is 5.04. The first-order valence-electron chi connectivity index (χ1n) is 8.54. The van der Waals surface area contributed by atoms with E-state index in [0.717, 1.165) is 12.1 Å². The molecule has 0 aliphatic rings. The van der Waals surface area contributed by atoms with Gasteiger partial charge in [-0.15, -0.1) is 0 Å². The lowest BCUT2D eigenvalue weighted by Crippen LogP contribution is -2.05. The Balaban J connectivity index is 1.86. The maximum absolute atomic E-state index is 12.8. The molecule has 4 aromatic rings. The molecule has 0 radical (unpaired) electrons. The van der Waals surface area contributed by atoms with Crippen molar-refractivity contribution in [3.8, 4) is 11.4 Å². The number of anilines is 3. The second-order valence-corrected chi connectivity index (χ2v) is 7.21. The smallest absolute Gasteiger partial charge is 0.369 e. The Kier molecular flexibility index (Phi) is 4.95. The Morgan fingerprint density at radius 2 is 1.60 bits per heavy atom. The topological polar surface area (TPSA) is 81.7 Å². The largest absolute Gasteiger partial charge is 0.416 e. The number of nitrogens with zero attached hydrogens (tertiary/aromatic N) is 4. The average molecular weight is 453 g/mol. The second kappa shape index (κ2) is 7.33. The predicted octanol–water partition coefficient (Wildman–Crippen LogP) is 5.68. The molecule has 0 atom stereocenters. The molecule has 0 spiro atoms. The van der Waals surface area contributed by atoms with Crippen LogP contribution in [0.2, 0.25) is 10.0 Å². The van der Waals surface area contributed by atoms with Crippen LogP contribution in [0.25, 0.3) is 22.6 Å². The molecule has 0 aliphatic carbocycles. The lowest BCUT2D eigenvalue weighted by molar-refractivity contribution is -0.137. The van der Waals surface area contributed by atoms with Crippen LogP contribution in [-0.4, -0.2) is 19.5 Å². The van der Waals surface area contributed by atoms with E-state index >= 15 is 0 Å². The summed E-state index contributed by atoms with van der Waals surface area (Å²) in [6.07, 6.45) is -4.43. The van der Waals surface area contributed by atoms with Crippen LogP contribution in [0.4, 0.5) is 30.6 Å². The number of aryl methyl sites for hydroxylation is 1. The van der Waals surface area contributed by atoms with E-state index in [-0.39, 0.29) is 17.6 Å². The molecule has 6 nitrogen and oxygen atoms in total. The highest BCUT2D eigenvalue weighted by atomic mass is 35.5. The van der Waals surface area contributed by atoms with Crippen LogP contribution in [0.3, 0.4) is 0 Å². The fourth-order valence-corrected chi connectivity index (χ4v) is 3.43. The number of imidazole rings is 1. The van der Waals surface area contributed by atoms with Crippen molar-refractivity contribution in [1.29, 1.82) is 0 Å². The van der Waals surface area contributed by atoms with Gasteiger partial charge in [0.05, 0.1) is 21.2 Å². The third-order valence-electron chi connectivity index (χ3n) is 4.41. The lowest BCUT2D eigenvalue weighted by atomic mass is 10.2. The standard InChI is InChI=1S/C19H13Cl2F3N6/c1-30-17-14(27-18(30)25)16(26-10-7-5-9(6-8-10)19(22,23)24)28-15(29-17)13-11(20)3-2-4-12(13)21/h2-8H,1H3,(H2,25,27)(H,26,28,29). The SMILES string of the molecule is Cn1c(N)nc2c(Nc3ccc(C(F)(F)F)cc3)nc(-c3c(Cl)cccc3Cl)nc21. The number of halogens is 5. The molecule has 0 amide bonds. The molecule has 4 rings (SSSR count). The minimum Gasteiger partial charge on any atom is -0.369 e. The summed E-state index contributed by atoms with van der Waals surface area (Å²) in [5, 5.41) is 3.67. The number of nitrogens with one attached hydrogen (secondary N) is 1. The van der Waals surface area contributed by atoms with Crippen LogP contribution in [-0.2, 0) is 13.2 Å². The van der Waals surface area contributed by atoms with E-state index in [4.69, 9.17) is 28.9 Å². The molecule has 30 heavy (non-hydrogen) atoms. The molecule has 0 unspecified atom stereocenters. The highest BCUT2D eigenvalue weighted by Crippen LogP contribution is 2.36. The van der Waals surface area contributed by atoms with E-state index in [1.54, 1.807) is 29.8 Å². The maximum atomic E-state index is 12.8. The molecular weight excluding hydrogens is 440 g/mol. The summed E-state index contributed by atoms with van der Waals surface area (Å²) >= 11 is 12.6. The Bertz CT molecular complexity index is 1230. The van der Waals surface area contributed by atoms with E-state index in [1.165, 1.54) is 12.1 Å². The molecule has 0 aliphatic heterocycles. The average Bonchev–Trinajstić information content (AvgIpc) is 2.96. The fourth-order valence-electron chi connectivity index (χ4n) is 2.87. The van der Waals surface area contributed by atoms with E-state index in [1.807, 2.05) is 0 Å². The molecule has 2 aromatic heterocycles. The predicted molar refractivity (Wildman–Crippen MR) is 111 cm³/mol. The van der Waals surface area contributed by atoms with E-state index < -0.39 is 11.7 Å². The number of alkyl halides is 3. The molecule has 2 aromatic carbocycles. The van der Waals surface area contributed by atoms with Gasteiger partial charge in [-0.05, 0) is 36.4 Å². The number of nitrogen functional groups attached to an aromatic ring is 1. The van der Waals surface area contributed by atoms with Crippen molar-refractivity contribution >= 4 is 51.8 Å². The number of aromatic nitrogens is 4. The first-order chi connectivity index (χ1) is 14.1. The Morgan fingerprint density at radius 3 is 2.20 bits per heavy atom. The van der Waals surface area contributed by atoms with Crippen molar-refractivity contribution in [1.82, 2.24) is 19.5 Å². The highest BCUT2D eigenvalue weighted by Gasteiger charge is 2.30. The summed E-state index contributed by atoms with van der Waals surface area (Å²) in [6.45, 7) is 0. The van der Waals surface area contributed by atoms with E-state index in [9.17, 15) is 13.2 Å². The van der Waals surface area contributed by atoms with Gasteiger partial charge in [0.2, 0.25) is 5.95 Å². The van der Waals surface area contributed by atoms with Gasteiger partial charge >= 0.3 is 6.18 Å². The molecule has 0 saturated heterocycles. The van der Waals surface area contributed by atoms with Crippen molar-refractivity contribution in [2.24, 2.45) is 7.05 Å². The van der Waals surface area contributed by atoms with Gasteiger partial charge in [-0.1, -0.05) is 29.3 Å². The van der Waals surface area contributed by atoms with Gasteiger partial charge in [0.1, 0.15) is 0 Å². The maximum Gasteiger partial charge on any atom is 0.416 e. The van der Waals surface area contributed by atoms with E-state index in [2.05, 4.69) is 20.3 Å². The highest BCUT2D eigenvalue weighted by molar-refractivity contribution is 6.39. The van der Waals surface area contributed by atoms with Crippen LogP contribution in [0, 0.1) is 0 Å². The molecule has 0 fully saturated rings. The van der Waals surface area contributed by atoms with Gasteiger partial charge in [0.25, 0.3) is 0 Å². The van der Waals surface area contributed by atoms with Crippen molar-refractivity contribution in [2.75, 3.05) is 11.1 Å². The van der Waals surface area contributed by atoms with Gasteiger partial charge < -0.3 is 11.1 Å². The van der Waals surface area contributed by atoms with Crippen LogP contribution < -0.4 is 11.1 Å². The first kappa shape index (κ1) is 20.2. The summed E-state index contributed by atoms with van der Waals surface area (Å²) in [5.74, 6) is 0.658. The Morgan fingerprint density at radius 1 is 0.967 bits per heavy atom. The number of nitrogens with two attached hydrogens (primary N) is 1. The molecule has 0 bridgehead atoms. The van der Waals surface area contributed by atoms with Crippen LogP contribution in [0.15, 0.2) is 42.5 Å². The van der Waals surface area contributed by atoms with E-state index in [0.29, 0.717) is 32.5 Å². The zero-order chi connectivity index (χ0) is 21.6. The normalized spacial score (nSPS) is 11.8. The van der Waals surface area contributed by atoms with Crippen LogP contribution >= 0.6 is 23.2 Å². The molecule has 154 valence electrons. The third kappa shape index (κ3) is 3.61. The molecule has 3 N–H and O–H groups in total. The minimum absolute atomic E-state index is 0.192. The van der Waals surface area contributed by atoms with Crippen molar-refractivity contribution in [2.45, 2.75) is 6.18 Å². The summed E-state index contributed by atoms with van der Waals surface area (Å²) < 4.78 is 40.0. The quantitative estimate of drug-likeness (QED) is 0.417. The van der Waals surface area contributed by atoms with Crippen molar-refractivity contribution < 1.29 is 13.2 Å². The fraction of sp³-hybridized carbons (Fsp3) is 0.105. The number of benzene rings is 2. The van der Waals surface area contributed by atoms with Crippen LogP contribution in [0.1, 0.15) is 5.56 Å². The zero-order valence-corrected chi connectivity index (χ0v) is 16.8. The number of rotatable bonds is 3. The lowest BCUT2D eigenvalue weighted by Gasteiger charge is -2.12. The molecule has 11 heteroatoms. The first-order valence-corrected chi connectivity index (χ1v) is 9.29. The van der Waals surface area contributed by atoms with Gasteiger partial charge in [0.15, 0.2) is 22.8 Å². The van der Waals surface area contributed by atoms with Crippen molar-refractivity contribution in [3.05, 3.63) is 58.1 Å². The summed E-state index contributed by atoms with van der Waals surface area (Å²) in [5.41, 5.74) is 6.70. The molecule has 2 heterocycles. The zero-order valence-electron chi connectivity index (χ0n) is 15.3. The number of hydrogen-bond acceptors (Lipinski definition) is 5. The summed E-state index contributed by atoms with van der Waals surface area (Å²) in [4.78, 5) is 13.2. The molecule has 0 saturated carbocycles. The minimum atomic E-state index is -4.43. The van der Waals surface area contributed by atoms with Gasteiger partial charge in [-0.2, -0.15) is 13.2 Å². The van der Waals surface area contributed by atoms with Gasteiger partial charge in [0, 0.05) is 12.7 Å². The summed E-state index contributed by atoms with van der Waals surface area (Å²) in [7, 11) is 1.68. The Hall–Kier alpha value is -3.04.